The van der Waals surface area contributed by atoms with Gasteiger partial charge in [0.1, 0.15) is 12.3 Å². The van der Waals surface area contributed by atoms with E-state index in [1.165, 1.54) is 0 Å². The van der Waals surface area contributed by atoms with Gasteiger partial charge in [0.2, 0.25) is 17.7 Å². The number of carbonyl (C=O) groups is 4. The topological polar surface area (TPSA) is 124 Å². The third-order valence-corrected chi connectivity index (χ3v) is 9.70. The number of aliphatic hydroxyl groups is 2. The van der Waals surface area contributed by atoms with Crippen LogP contribution in [0.3, 0.4) is 0 Å². The van der Waals surface area contributed by atoms with E-state index in [4.69, 9.17) is 0 Å². The molecule has 8 heteroatoms. The average Bonchev–Trinajstić information content (AvgIpc) is 2.74. The summed E-state index contributed by atoms with van der Waals surface area (Å²) in [5.41, 5.74) is -0.575. The van der Waals surface area contributed by atoms with Crippen molar-refractivity contribution >= 4 is 23.5 Å². The Hall–Kier alpha value is -1.80. The van der Waals surface area contributed by atoms with Crippen LogP contribution >= 0.6 is 0 Å². The molecule has 6 rings (SSSR count). The summed E-state index contributed by atoms with van der Waals surface area (Å²) in [4.78, 5) is 52.1. The highest BCUT2D eigenvalue weighted by molar-refractivity contribution is 6.01. The summed E-state index contributed by atoms with van der Waals surface area (Å²) in [7, 11) is 0. The predicted molar refractivity (Wildman–Crippen MR) is 127 cm³/mol. The van der Waals surface area contributed by atoms with Gasteiger partial charge in [-0.1, -0.05) is 13.8 Å². The zero-order valence-corrected chi connectivity index (χ0v) is 20.9. The fourth-order valence-electron chi connectivity index (χ4n) is 8.44. The van der Waals surface area contributed by atoms with E-state index >= 15 is 0 Å². The highest BCUT2D eigenvalue weighted by Gasteiger charge is 2.55. The van der Waals surface area contributed by atoms with E-state index in [0.717, 1.165) is 43.4 Å². The molecule has 194 valence electrons. The number of piperidine rings is 1. The number of Topliss-reactive ketones (excluding diaryl/α,β-unsaturated/α-hetero) is 1. The lowest BCUT2D eigenvalue weighted by atomic mass is 9.52. The maximum Gasteiger partial charge on any atom is 0.240 e. The SMILES string of the molecule is C[C@@H]1CC([C@H](O)CC2CC(=O)N(CC(=O)NC3C4CC5CC3CC(O)(C5)C4)C(=O)C2)C(=O)[C@@H](C)C1. The van der Waals surface area contributed by atoms with Crippen LogP contribution in [0.4, 0.5) is 0 Å². The van der Waals surface area contributed by atoms with Crippen molar-refractivity contribution in [1.29, 1.82) is 0 Å². The van der Waals surface area contributed by atoms with Crippen molar-refractivity contribution in [3.05, 3.63) is 0 Å². The largest absolute Gasteiger partial charge is 0.392 e. The smallest absolute Gasteiger partial charge is 0.240 e. The van der Waals surface area contributed by atoms with Gasteiger partial charge in [-0.2, -0.15) is 0 Å². The van der Waals surface area contributed by atoms with Crippen LogP contribution in [-0.4, -0.2) is 62.9 Å². The number of amides is 3. The van der Waals surface area contributed by atoms with Crippen LogP contribution in [0, 0.1) is 41.4 Å². The summed E-state index contributed by atoms with van der Waals surface area (Å²) in [5, 5.41) is 24.6. The number of imide groups is 1. The Morgan fingerprint density at radius 3 is 2.26 bits per heavy atom. The average molecular weight is 489 g/mol. The molecule has 0 radical (unpaired) electrons. The molecular weight excluding hydrogens is 448 g/mol. The number of nitrogens with zero attached hydrogens (tertiary/aromatic N) is 1. The second-order valence-corrected chi connectivity index (χ2v) is 12.7. The van der Waals surface area contributed by atoms with Crippen LogP contribution in [0.15, 0.2) is 0 Å². The second-order valence-electron chi connectivity index (χ2n) is 12.7. The number of hydrogen-bond donors (Lipinski definition) is 3. The molecule has 0 aromatic rings. The van der Waals surface area contributed by atoms with Gasteiger partial charge < -0.3 is 15.5 Å². The van der Waals surface area contributed by atoms with E-state index in [0.29, 0.717) is 18.3 Å². The lowest BCUT2D eigenvalue weighted by Crippen LogP contribution is -2.62. The Morgan fingerprint density at radius 2 is 1.66 bits per heavy atom. The molecule has 0 aromatic heterocycles. The van der Waals surface area contributed by atoms with Gasteiger partial charge in [0.25, 0.3) is 0 Å². The Labute approximate surface area is 207 Å². The molecule has 4 bridgehead atoms. The van der Waals surface area contributed by atoms with Crippen molar-refractivity contribution in [1.82, 2.24) is 10.2 Å². The molecule has 6 aliphatic rings. The number of rotatable bonds is 6. The van der Waals surface area contributed by atoms with Crippen LogP contribution in [0.2, 0.25) is 0 Å². The van der Waals surface area contributed by atoms with Gasteiger partial charge in [0.15, 0.2) is 0 Å². The minimum atomic E-state index is -0.847. The molecule has 8 nitrogen and oxygen atoms in total. The number of aliphatic hydroxyl groups excluding tert-OH is 1. The first kappa shape index (κ1) is 24.9. The molecule has 5 aliphatic carbocycles. The fraction of sp³-hybridized carbons (Fsp3) is 0.852. The molecule has 0 spiro atoms. The van der Waals surface area contributed by atoms with Crippen LogP contribution in [0.25, 0.3) is 0 Å². The second kappa shape index (κ2) is 9.25. The minimum Gasteiger partial charge on any atom is -0.392 e. The summed E-state index contributed by atoms with van der Waals surface area (Å²) in [6, 6.07) is 0.00929. The van der Waals surface area contributed by atoms with Gasteiger partial charge in [-0.15, -0.1) is 0 Å². The number of ketones is 1. The van der Waals surface area contributed by atoms with Gasteiger partial charge in [-0.3, -0.25) is 24.1 Å². The monoisotopic (exact) mass is 488 g/mol. The van der Waals surface area contributed by atoms with E-state index in [2.05, 4.69) is 12.2 Å². The van der Waals surface area contributed by atoms with E-state index in [-0.39, 0.29) is 79.0 Å². The van der Waals surface area contributed by atoms with Crippen LogP contribution in [-0.2, 0) is 19.2 Å². The Morgan fingerprint density at radius 1 is 1.03 bits per heavy atom. The van der Waals surface area contributed by atoms with Crippen molar-refractivity contribution in [2.24, 2.45) is 41.4 Å². The molecule has 3 N–H and O–H groups in total. The number of hydrogen-bond acceptors (Lipinski definition) is 6. The van der Waals surface area contributed by atoms with E-state index in [9.17, 15) is 29.4 Å². The Balaban J connectivity index is 1.13. The molecule has 1 saturated heterocycles. The molecule has 6 fully saturated rings. The van der Waals surface area contributed by atoms with Gasteiger partial charge >= 0.3 is 0 Å². The molecule has 5 saturated carbocycles. The van der Waals surface area contributed by atoms with Crippen molar-refractivity contribution in [3.63, 3.8) is 0 Å². The van der Waals surface area contributed by atoms with Crippen LogP contribution in [0.5, 0.6) is 0 Å². The number of carbonyl (C=O) groups excluding carboxylic acids is 4. The third-order valence-electron chi connectivity index (χ3n) is 9.70. The van der Waals surface area contributed by atoms with Gasteiger partial charge in [-0.25, -0.2) is 0 Å². The van der Waals surface area contributed by atoms with E-state index in [1.54, 1.807) is 0 Å². The molecule has 3 amide bonds. The normalized spacial score (nSPS) is 42.5. The van der Waals surface area contributed by atoms with Crippen LogP contribution < -0.4 is 5.32 Å². The zero-order chi connectivity index (χ0) is 25.1. The lowest BCUT2D eigenvalue weighted by molar-refractivity contribution is -0.155. The molecule has 0 aromatic carbocycles. The highest BCUT2D eigenvalue weighted by atomic mass is 16.3. The maximum absolute atomic E-state index is 12.8. The van der Waals surface area contributed by atoms with E-state index < -0.39 is 17.6 Å². The first-order chi connectivity index (χ1) is 16.5. The lowest BCUT2D eigenvalue weighted by Gasteiger charge is -2.58. The molecule has 1 aliphatic heterocycles. The molecular formula is C27H40N2O6. The van der Waals surface area contributed by atoms with Crippen molar-refractivity contribution in [2.75, 3.05) is 6.54 Å². The van der Waals surface area contributed by atoms with Gasteiger partial charge in [0.05, 0.1) is 11.7 Å². The molecule has 6 atom stereocenters. The maximum atomic E-state index is 12.8. The predicted octanol–water partition coefficient (Wildman–Crippen LogP) is 1.81. The first-order valence-electron chi connectivity index (χ1n) is 13.6. The summed E-state index contributed by atoms with van der Waals surface area (Å²) >= 11 is 0. The molecule has 1 heterocycles. The minimum absolute atomic E-state index is 0.00929. The fourth-order valence-corrected chi connectivity index (χ4v) is 8.44. The molecule has 35 heavy (non-hydrogen) atoms. The van der Waals surface area contributed by atoms with Crippen molar-refractivity contribution < 1.29 is 29.4 Å². The summed E-state index contributed by atoms with van der Waals surface area (Å²) in [5.74, 6) is -0.375. The quantitative estimate of drug-likeness (QED) is 0.490. The standard InChI is InChI=1S/C27H40N2O6/c1-14-3-15(2)26(34)20(4-14)21(30)7-16-8-23(32)29(24(33)9-16)13-22(31)28-25-18-5-17-6-19(25)12-27(35,10-17)11-18/h14-21,25,30,35H,3-13H2,1-2H3,(H,28,31)/t14-,15-,17?,18?,19?,20?,21+,25?,27?/m0/s1. The zero-order valence-electron chi connectivity index (χ0n) is 20.9. The van der Waals surface area contributed by atoms with E-state index in [1.807, 2.05) is 6.92 Å². The summed E-state index contributed by atoms with van der Waals surface area (Å²) in [6.07, 6.45) is 5.46. The first-order valence-corrected chi connectivity index (χ1v) is 13.6. The Bertz CT molecular complexity index is 870. The van der Waals surface area contributed by atoms with Crippen LogP contribution in [0.1, 0.15) is 78.1 Å². The number of likely N-dealkylation sites (tertiary alicyclic amines) is 1. The summed E-state index contributed by atoms with van der Waals surface area (Å²) < 4.78 is 0. The van der Waals surface area contributed by atoms with Crippen molar-refractivity contribution in [2.45, 2.75) is 95.8 Å². The molecule has 3 unspecified atom stereocenters. The third kappa shape index (κ3) is 4.93. The summed E-state index contributed by atoms with van der Waals surface area (Å²) in [6.45, 7) is 3.72. The van der Waals surface area contributed by atoms with Crippen molar-refractivity contribution in [3.8, 4) is 0 Å². The van der Waals surface area contributed by atoms with Gasteiger partial charge in [-0.05, 0) is 81.0 Å². The van der Waals surface area contributed by atoms with Gasteiger partial charge in [0, 0.05) is 30.7 Å². The highest BCUT2D eigenvalue weighted by Crippen LogP contribution is 2.55. The Kier molecular flexibility index (Phi) is 6.58. The number of nitrogens with one attached hydrogen (secondary N) is 1.